The number of nitrogens with zero attached hydrogens (tertiary/aromatic N) is 3. The van der Waals surface area contributed by atoms with Crippen LogP contribution >= 0.6 is 0 Å². The molecule has 0 aliphatic rings. The zero-order chi connectivity index (χ0) is 19.8. The normalized spacial score (nSPS) is 11.2. The molecule has 0 saturated carbocycles. The average molecular weight is 377 g/mol. The third-order valence-corrected chi connectivity index (χ3v) is 5.20. The minimum absolute atomic E-state index is 0.00166. The zero-order valence-corrected chi connectivity index (χ0v) is 16.0. The smallest absolute Gasteiger partial charge is 0.189 e. The van der Waals surface area contributed by atoms with Crippen LogP contribution in [0.2, 0.25) is 0 Å². The van der Waals surface area contributed by atoms with Crippen molar-refractivity contribution in [1.82, 2.24) is 14.5 Å². The largest absolute Gasteiger partial charge is 0.346 e. The van der Waals surface area contributed by atoms with Gasteiger partial charge >= 0.3 is 0 Å². The third kappa shape index (κ3) is 2.90. The lowest BCUT2D eigenvalue weighted by Crippen LogP contribution is -2.08. The van der Waals surface area contributed by atoms with Gasteiger partial charge in [-0.2, -0.15) is 0 Å². The van der Waals surface area contributed by atoms with Crippen LogP contribution in [0.4, 0.5) is 0 Å². The Morgan fingerprint density at radius 2 is 1.38 bits per heavy atom. The van der Waals surface area contributed by atoms with Crippen LogP contribution in [0.15, 0.2) is 89.9 Å². The van der Waals surface area contributed by atoms with Crippen LogP contribution in [-0.4, -0.2) is 14.5 Å². The Morgan fingerprint density at radius 1 is 0.759 bits per heavy atom. The standard InChI is InChI=1S/C25H19N3O/c1-2-28-16-15-21(29)19-13-14-20-24(25(19)28)27-23(18-11-7-4-8-12-18)22(26-20)17-9-5-3-6-10-17/h3-16H,2H2,1H3. The Balaban J connectivity index is 1.94. The average Bonchev–Trinajstić information content (AvgIpc) is 2.79. The Labute approximate surface area is 168 Å². The van der Waals surface area contributed by atoms with Crippen molar-refractivity contribution >= 4 is 21.9 Å². The Morgan fingerprint density at radius 3 is 2.00 bits per heavy atom. The van der Waals surface area contributed by atoms with Crippen molar-refractivity contribution in [3.05, 3.63) is 95.3 Å². The summed E-state index contributed by atoms with van der Waals surface area (Å²) in [6, 6.07) is 25.5. The van der Waals surface area contributed by atoms with Gasteiger partial charge in [0.2, 0.25) is 0 Å². The van der Waals surface area contributed by atoms with Gasteiger partial charge < -0.3 is 4.57 Å². The zero-order valence-electron chi connectivity index (χ0n) is 16.0. The summed E-state index contributed by atoms with van der Waals surface area (Å²) in [7, 11) is 0. The first kappa shape index (κ1) is 17.3. The highest BCUT2D eigenvalue weighted by molar-refractivity contribution is 6.03. The van der Waals surface area contributed by atoms with Gasteiger partial charge in [0.15, 0.2) is 5.43 Å². The van der Waals surface area contributed by atoms with E-state index in [9.17, 15) is 4.79 Å². The fourth-order valence-electron chi connectivity index (χ4n) is 3.78. The molecule has 0 bridgehead atoms. The molecule has 2 aromatic heterocycles. The summed E-state index contributed by atoms with van der Waals surface area (Å²) >= 11 is 0. The molecule has 5 aromatic rings. The van der Waals surface area contributed by atoms with Gasteiger partial charge in [0.05, 0.1) is 22.4 Å². The molecule has 0 aliphatic carbocycles. The van der Waals surface area contributed by atoms with Crippen molar-refractivity contribution in [3.63, 3.8) is 0 Å². The van der Waals surface area contributed by atoms with Crippen molar-refractivity contribution in [2.24, 2.45) is 0 Å². The number of aromatic nitrogens is 3. The molecule has 0 radical (unpaired) electrons. The maximum absolute atomic E-state index is 12.5. The number of fused-ring (bicyclic) bond motifs is 3. The van der Waals surface area contributed by atoms with Crippen molar-refractivity contribution < 1.29 is 0 Å². The van der Waals surface area contributed by atoms with Gasteiger partial charge in [0, 0.05) is 35.3 Å². The molecule has 0 saturated heterocycles. The highest BCUT2D eigenvalue weighted by Crippen LogP contribution is 2.32. The summed E-state index contributed by atoms with van der Waals surface area (Å²) in [6.07, 6.45) is 1.83. The van der Waals surface area contributed by atoms with Crippen LogP contribution in [0, 0.1) is 0 Å². The van der Waals surface area contributed by atoms with Gasteiger partial charge in [-0.05, 0) is 19.1 Å². The first-order valence-electron chi connectivity index (χ1n) is 9.71. The van der Waals surface area contributed by atoms with Crippen molar-refractivity contribution in [1.29, 1.82) is 0 Å². The first-order chi connectivity index (χ1) is 14.3. The van der Waals surface area contributed by atoms with E-state index in [1.807, 2.05) is 79.0 Å². The second kappa shape index (κ2) is 6.99. The van der Waals surface area contributed by atoms with E-state index < -0.39 is 0 Å². The number of hydrogen-bond acceptors (Lipinski definition) is 3. The summed E-state index contributed by atoms with van der Waals surface area (Å²) < 4.78 is 2.06. The highest BCUT2D eigenvalue weighted by Gasteiger charge is 2.16. The molecular weight excluding hydrogens is 358 g/mol. The number of hydrogen-bond donors (Lipinski definition) is 0. The highest BCUT2D eigenvalue weighted by atomic mass is 16.1. The predicted molar refractivity (Wildman–Crippen MR) is 118 cm³/mol. The van der Waals surface area contributed by atoms with Gasteiger partial charge in [-0.3, -0.25) is 4.79 Å². The Hall–Kier alpha value is -3.79. The van der Waals surface area contributed by atoms with E-state index in [0.717, 1.165) is 45.6 Å². The lowest BCUT2D eigenvalue weighted by molar-refractivity contribution is 0.789. The molecule has 3 aromatic carbocycles. The topological polar surface area (TPSA) is 47.8 Å². The molecule has 0 aliphatic heterocycles. The fraction of sp³-hybridized carbons (Fsp3) is 0.0800. The number of pyridine rings is 1. The molecule has 4 nitrogen and oxygen atoms in total. The van der Waals surface area contributed by atoms with Crippen molar-refractivity contribution in [3.8, 4) is 22.5 Å². The molecule has 4 heteroatoms. The van der Waals surface area contributed by atoms with Crippen LogP contribution < -0.4 is 5.43 Å². The van der Waals surface area contributed by atoms with Gasteiger partial charge in [-0.25, -0.2) is 9.97 Å². The van der Waals surface area contributed by atoms with Crippen LogP contribution in [0.25, 0.3) is 44.5 Å². The van der Waals surface area contributed by atoms with E-state index in [2.05, 4.69) is 11.5 Å². The van der Waals surface area contributed by atoms with E-state index in [0.29, 0.717) is 5.39 Å². The number of benzene rings is 3. The fourth-order valence-corrected chi connectivity index (χ4v) is 3.78. The second-order valence-electron chi connectivity index (χ2n) is 6.95. The molecule has 0 spiro atoms. The molecular formula is C25H19N3O. The molecule has 0 atom stereocenters. The molecule has 0 fully saturated rings. The summed E-state index contributed by atoms with van der Waals surface area (Å²) in [4.78, 5) is 22.5. The van der Waals surface area contributed by atoms with Gasteiger partial charge in [0.25, 0.3) is 0 Å². The minimum Gasteiger partial charge on any atom is -0.346 e. The van der Waals surface area contributed by atoms with Gasteiger partial charge in [0.1, 0.15) is 5.52 Å². The molecule has 2 heterocycles. The maximum Gasteiger partial charge on any atom is 0.189 e. The van der Waals surface area contributed by atoms with E-state index in [4.69, 9.17) is 9.97 Å². The molecule has 0 unspecified atom stereocenters. The van der Waals surface area contributed by atoms with E-state index in [-0.39, 0.29) is 5.43 Å². The van der Waals surface area contributed by atoms with Crippen molar-refractivity contribution in [2.45, 2.75) is 13.5 Å². The lowest BCUT2D eigenvalue weighted by atomic mass is 10.0. The molecule has 0 N–H and O–H groups in total. The summed E-state index contributed by atoms with van der Waals surface area (Å²) in [5, 5.41) is 0.669. The summed E-state index contributed by atoms with van der Waals surface area (Å²) in [5.74, 6) is 0. The number of rotatable bonds is 3. The van der Waals surface area contributed by atoms with Crippen LogP contribution in [0.1, 0.15) is 6.92 Å². The van der Waals surface area contributed by atoms with Crippen LogP contribution in [-0.2, 0) is 6.54 Å². The molecule has 140 valence electrons. The second-order valence-corrected chi connectivity index (χ2v) is 6.95. The van der Waals surface area contributed by atoms with Gasteiger partial charge in [-0.15, -0.1) is 0 Å². The molecule has 29 heavy (non-hydrogen) atoms. The quantitative estimate of drug-likeness (QED) is 0.401. The monoisotopic (exact) mass is 377 g/mol. The molecule has 0 amide bonds. The Bertz CT molecular complexity index is 1390. The van der Waals surface area contributed by atoms with Crippen LogP contribution in [0.3, 0.4) is 0 Å². The summed E-state index contributed by atoms with van der Waals surface area (Å²) in [6.45, 7) is 2.81. The first-order valence-corrected chi connectivity index (χ1v) is 9.71. The lowest BCUT2D eigenvalue weighted by Gasteiger charge is -2.14. The Kier molecular flexibility index (Phi) is 4.17. The third-order valence-electron chi connectivity index (χ3n) is 5.20. The van der Waals surface area contributed by atoms with Crippen molar-refractivity contribution in [2.75, 3.05) is 0 Å². The van der Waals surface area contributed by atoms with Crippen LogP contribution in [0.5, 0.6) is 0 Å². The van der Waals surface area contributed by atoms with E-state index >= 15 is 0 Å². The predicted octanol–water partition coefficient (Wildman–Crippen LogP) is 5.30. The maximum atomic E-state index is 12.5. The van der Waals surface area contributed by atoms with E-state index in [1.165, 1.54) is 0 Å². The molecule has 5 rings (SSSR count). The SMILES string of the molecule is CCn1ccc(=O)c2ccc3nc(-c4ccccc4)c(-c4ccccc4)nc3c21. The van der Waals surface area contributed by atoms with E-state index in [1.54, 1.807) is 6.07 Å². The van der Waals surface area contributed by atoms with Gasteiger partial charge in [-0.1, -0.05) is 60.7 Å². The number of aryl methyl sites for hydroxylation is 1. The minimum atomic E-state index is 0.00166. The summed E-state index contributed by atoms with van der Waals surface area (Å²) in [5.41, 5.74) is 6.04.